The molecule has 3 fully saturated rings. The molecule has 0 radical (unpaired) electrons. The first-order valence-electron chi connectivity index (χ1n) is 11.5. The fraction of sp³-hybridized carbons (Fsp3) is 0.708. The van der Waals surface area contributed by atoms with E-state index in [2.05, 4.69) is 9.80 Å². The van der Waals surface area contributed by atoms with E-state index in [4.69, 9.17) is 9.84 Å². The predicted octanol–water partition coefficient (Wildman–Crippen LogP) is 4.41. The van der Waals surface area contributed by atoms with Gasteiger partial charge in [0.1, 0.15) is 0 Å². The van der Waals surface area contributed by atoms with E-state index >= 15 is 0 Å². The van der Waals surface area contributed by atoms with Crippen LogP contribution in [0.4, 0.5) is 5.69 Å². The summed E-state index contributed by atoms with van der Waals surface area (Å²) < 4.78 is 6.19. The second-order valence-electron chi connectivity index (χ2n) is 9.21. The summed E-state index contributed by atoms with van der Waals surface area (Å²) in [5.41, 5.74) is 1.63. The average Bonchev–Trinajstić information content (AvgIpc) is 2.80. The Hall–Kier alpha value is -1.59. The van der Waals surface area contributed by atoms with Crippen molar-refractivity contribution >= 4 is 11.7 Å². The van der Waals surface area contributed by atoms with Crippen molar-refractivity contribution < 1.29 is 14.6 Å². The number of benzene rings is 1. The SMILES string of the molecule is COC1(C2CCCCC2)CCC(N2CCN(c3ccc(C(=O)O)cc3)CC2)CC1. The van der Waals surface area contributed by atoms with Crippen LogP contribution in [0.5, 0.6) is 0 Å². The molecule has 2 saturated carbocycles. The molecule has 2 aliphatic carbocycles. The van der Waals surface area contributed by atoms with Crippen LogP contribution in [-0.2, 0) is 4.74 Å². The number of aromatic carboxylic acids is 1. The first-order chi connectivity index (χ1) is 14.1. The topological polar surface area (TPSA) is 53.0 Å². The highest BCUT2D eigenvalue weighted by Gasteiger charge is 2.43. The van der Waals surface area contributed by atoms with Crippen LogP contribution in [-0.4, -0.2) is 60.9 Å². The molecule has 1 saturated heterocycles. The fourth-order valence-electron chi connectivity index (χ4n) is 6.02. The maximum absolute atomic E-state index is 11.0. The van der Waals surface area contributed by atoms with E-state index in [1.165, 1.54) is 57.8 Å². The summed E-state index contributed by atoms with van der Waals surface area (Å²) in [6.07, 6.45) is 11.8. The lowest BCUT2D eigenvalue weighted by atomic mass is 9.68. The van der Waals surface area contributed by atoms with Gasteiger partial charge in [-0.1, -0.05) is 19.3 Å². The van der Waals surface area contributed by atoms with Crippen molar-refractivity contribution in [1.82, 2.24) is 4.90 Å². The molecular formula is C24H36N2O3. The maximum Gasteiger partial charge on any atom is 0.335 e. The highest BCUT2D eigenvalue weighted by molar-refractivity contribution is 5.88. The van der Waals surface area contributed by atoms with Crippen molar-refractivity contribution in [1.29, 1.82) is 0 Å². The van der Waals surface area contributed by atoms with E-state index in [0.717, 1.165) is 37.8 Å². The van der Waals surface area contributed by atoms with Crippen LogP contribution < -0.4 is 4.90 Å². The third-order valence-electron chi connectivity index (χ3n) is 7.87. The van der Waals surface area contributed by atoms with Crippen molar-refractivity contribution in [2.75, 3.05) is 38.2 Å². The van der Waals surface area contributed by atoms with E-state index < -0.39 is 5.97 Å². The molecule has 0 amide bonds. The summed E-state index contributed by atoms with van der Waals surface area (Å²) in [6, 6.07) is 7.99. The predicted molar refractivity (Wildman–Crippen MR) is 116 cm³/mol. The Labute approximate surface area is 175 Å². The number of nitrogens with zero attached hydrogens (tertiary/aromatic N) is 2. The monoisotopic (exact) mass is 400 g/mol. The van der Waals surface area contributed by atoms with Gasteiger partial charge in [0.05, 0.1) is 11.2 Å². The fourth-order valence-corrected chi connectivity index (χ4v) is 6.02. The molecule has 0 bridgehead atoms. The summed E-state index contributed by atoms with van der Waals surface area (Å²) in [5, 5.41) is 9.07. The van der Waals surface area contributed by atoms with Gasteiger partial charge in [0, 0.05) is 45.0 Å². The van der Waals surface area contributed by atoms with Crippen LogP contribution in [0.15, 0.2) is 24.3 Å². The number of ether oxygens (including phenoxy) is 1. The van der Waals surface area contributed by atoms with Crippen molar-refractivity contribution in [3.05, 3.63) is 29.8 Å². The second kappa shape index (κ2) is 9.05. The Morgan fingerprint density at radius 2 is 1.59 bits per heavy atom. The molecule has 29 heavy (non-hydrogen) atoms. The summed E-state index contributed by atoms with van der Waals surface area (Å²) >= 11 is 0. The van der Waals surface area contributed by atoms with Crippen LogP contribution in [0.25, 0.3) is 0 Å². The highest BCUT2D eigenvalue weighted by Crippen LogP contribution is 2.44. The quantitative estimate of drug-likeness (QED) is 0.793. The third kappa shape index (κ3) is 4.46. The van der Waals surface area contributed by atoms with Gasteiger partial charge in [-0.25, -0.2) is 4.79 Å². The minimum Gasteiger partial charge on any atom is -0.478 e. The molecule has 0 atom stereocenters. The summed E-state index contributed by atoms with van der Waals surface area (Å²) in [5.74, 6) is -0.0909. The molecule has 5 nitrogen and oxygen atoms in total. The molecule has 1 N–H and O–H groups in total. The van der Waals surface area contributed by atoms with Crippen LogP contribution in [0.2, 0.25) is 0 Å². The minimum absolute atomic E-state index is 0.143. The Bertz CT molecular complexity index is 668. The number of methoxy groups -OCH3 is 1. The van der Waals surface area contributed by atoms with Crippen LogP contribution >= 0.6 is 0 Å². The molecule has 0 unspecified atom stereocenters. The van der Waals surface area contributed by atoms with Gasteiger partial charge in [-0.2, -0.15) is 0 Å². The lowest BCUT2D eigenvalue weighted by Gasteiger charge is -2.49. The molecule has 5 heteroatoms. The normalized spacial score (nSPS) is 29.7. The Kier molecular flexibility index (Phi) is 6.45. The number of hydrogen-bond acceptors (Lipinski definition) is 4. The van der Waals surface area contributed by atoms with Crippen molar-refractivity contribution in [3.63, 3.8) is 0 Å². The van der Waals surface area contributed by atoms with E-state index in [1.54, 1.807) is 12.1 Å². The zero-order chi connectivity index (χ0) is 20.3. The van der Waals surface area contributed by atoms with Crippen molar-refractivity contribution in [3.8, 4) is 0 Å². The molecule has 3 aliphatic rings. The van der Waals surface area contributed by atoms with Gasteiger partial charge < -0.3 is 14.7 Å². The molecule has 1 aliphatic heterocycles. The first kappa shape index (κ1) is 20.7. The van der Waals surface area contributed by atoms with Crippen LogP contribution in [0.3, 0.4) is 0 Å². The molecule has 0 spiro atoms. The highest BCUT2D eigenvalue weighted by atomic mass is 16.5. The van der Waals surface area contributed by atoms with Crippen LogP contribution in [0, 0.1) is 5.92 Å². The smallest absolute Gasteiger partial charge is 0.335 e. The standard InChI is InChI=1S/C24H36N2O3/c1-29-24(20-5-3-2-4-6-20)13-11-22(12-14-24)26-17-15-25(16-18-26)21-9-7-19(8-10-21)23(27)28/h7-10,20,22H,2-6,11-18H2,1H3,(H,27,28). The summed E-state index contributed by atoms with van der Waals surface area (Å²) in [4.78, 5) is 16.1. The van der Waals surface area contributed by atoms with Gasteiger partial charge in [0.15, 0.2) is 0 Å². The third-order valence-corrected chi connectivity index (χ3v) is 7.87. The molecule has 1 aromatic carbocycles. The number of carboxylic acids is 1. The van der Waals surface area contributed by atoms with E-state index in [0.29, 0.717) is 11.6 Å². The maximum atomic E-state index is 11.0. The van der Waals surface area contributed by atoms with Gasteiger partial charge in [0.25, 0.3) is 0 Å². The Morgan fingerprint density at radius 3 is 2.14 bits per heavy atom. The van der Waals surface area contributed by atoms with E-state index in [9.17, 15) is 4.79 Å². The Morgan fingerprint density at radius 1 is 0.966 bits per heavy atom. The largest absolute Gasteiger partial charge is 0.478 e. The zero-order valence-electron chi connectivity index (χ0n) is 17.8. The van der Waals surface area contributed by atoms with Crippen molar-refractivity contribution in [2.24, 2.45) is 5.92 Å². The van der Waals surface area contributed by atoms with E-state index in [-0.39, 0.29) is 5.60 Å². The van der Waals surface area contributed by atoms with Gasteiger partial charge in [0.2, 0.25) is 0 Å². The number of carboxylic acid groups (broad SMARTS) is 1. The molecule has 1 aromatic rings. The molecule has 4 rings (SSSR count). The number of hydrogen-bond donors (Lipinski definition) is 1. The Balaban J connectivity index is 1.29. The molecule has 1 heterocycles. The van der Waals surface area contributed by atoms with Gasteiger partial charge >= 0.3 is 5.97 Å². The summed E-state index contributed by atoms with van der Waals surface area (Å²) in [7, 11) is 1.95. The van der Waals surface area contributed by atoms with E-state index in [1.807, 2.05) is 19.2 Å². The van der Waals surface area contributed by atoms with Gasteiger partial charge in [-0.15, -0.1) is 0 Å². The number of rotatable bonds is 5. The summed E-state index contributed by atoms with van der Waals surface area (Å²) in [6.45, 7) is 4.21. The molecular weight excluding hydrogens is 364 g/mol. The van der Waals surface area contributed by atoms with Crippen molar-refractivity contribution in [2.45, 2.75) is 69.4 Å². The van der Waals surface area contributed by atoms with Gasteiger partial charge in [-0.05, 0) is 68.7 Å². The number of carbonyl (C=O) groups is 1. The minimum atomic E-state index is -0.862. The second-order valence-corrected chi connectivity index (χ2v) is 9.21. The zero-order valence-corrected chi connectivity index (χ0v) is 17.8. The average molecular weight is 401 g/mol. The molecule has 160 valence electrons. The lowest BCUT2D eigenvalue weighted by molar-refractivity contribution is -0.105. The molecule has 0 aromatic heterocycles. The first-order valence-corrected chi connectivity index (χ1v) is 11.5. The van der Waals surface area contributed by atoms with Gasteiger partial charge in [-0.3, -0.25) is 4.90 Å². The lowest BCUT2D eigenvalue weighted by Crippen LogP contribution is -2.54. The van der Waals surface area contributed by atoms with Crippen LogP contribution in [0.1, 0.15) is 68.1 Å². The number of anilines is 1. The number of piperazine rings is 1.